The first-order valence-corrected chi connectivity index (χ1v) is 2.05. The van der Waals surface area contributed by atoms with Crippen molar-refractivity contribution in [2.24, 2.45) is 0 Å². The standard InChI is InChI=1S/FHO3Si.Mg.2H/c1-4-5(2)3;;;/h2H;;;. The first-order chi connectivity index (χ1) is 2.27. The van der Waals surface area contributed by atoms with E-state index in [2.05, 4.69) is 4.63 Å². The Labute approximate surface area is 51.1 Å². The summed E-state index contributed by atoms with van der Waals surface area (Å²) in [5.41, 5.74) is 0. The van der Waals surface area contributed by atoms with Crippen molar-refractivity contribution in [1.82, 2.24) is 0 Å². The second-order valence-corrected chi connectivity index (χ2v) is 1.03. The van der Waals surface area contributed by atoms with Gasteiger partial charge in [0.1, 0.15) is 0 Å². The van der Waals surface area contributed by atoms with Gasteiger partial charge in [-0.1, -0.05) is 0 Å². The summed E-state index contributed by atoms with van der Waals surface area (Å²) in [6.45, 7) is 0. The number of hydrogen-bond acceptors (Lipinski definition) is 2. The molecule has 0 radical (unpaired) electrons. The van der Waals surface area contributed by atoms with Gasteiger partial charge in [-0.3, -0.25) is 9.09 Å². The molecule has 0 aromatic rings. The Bertz CT molecular complexity index is 46.1. The molecule has 6 heteroatoms. The topological polar surface area (TPSA) is 46.5 Å². The van der Waals surface area contributed by atoms with Crippen LogP contribution in [0.2, 0.25) is 0 Å². The minimum absolute atomic E-state index is 0. The second kappa shape index (κ2) is 5.31. The van der Waals surface area contributed by atoms with Crippen LogP contribution in [0.1, 0.15) is 0 Å². The smallest absolute Gasteiger partial charge is 0.510 e. The van der Waals surface area contributed by atoms with E-state index in [1.54, 1.807) is 0 Å². The lowest BCUT2D eigenvalue weighted by atomic mass is 15.6. The first-order valence-electron chi connectivity index (χ1n) is 0.786. The molecule has 0 aliphatic heterocycles. The molecule has 0 unspecified atom stereocenters. The van der Waals surface area contributed by atoms with Crippen molar-refractivity contribution in [2.75, 3.05) is 0 Å². The van der Waals surface area contributed by atoms with Crippen molar-refractivity contribution in [3.05, 3.63) is 0 Å². The fourth-order valence-electron chi connectivity index (χ4n) is 0. The van der Waals surface area contributed by atoms with Crippen molar-refractivity contribution in [3.8, 4) is 0 Å². The molecule has 0 amide bonds. The largest absolute Gasteiger partial charge is 0.803 e. The normalized spacial score (nSPS) is 5.50. The molecule has 3 nitrogen and oxygen atoms in total. The Morgan fingerprint density at radius 2 is 2.00 bits per heavy atom. The van der Waals surface area contributed by atoms with Gasteiger partial charge in [0, 0.05) is 4.53 Å². The Hall–Kier alpha value is 0.313. The maximum Gasteiger partial charge on any atom is 0.803 e. The minimum atomic E-state index is -3.29. The van der Waals surface area contributed by atoms with E-state index in [4.69, 9.17) is 9.26 Å². The van der Waals surface area contributed by atoms with E-state index in [1.165, 1.54) is 0 Å². The van der Waals surface area contributed by atoms with Crippen LogP contribution in [-0.4, -0.2) is 37.0 Å². The van der Waals surface area contributed by atoms with Crippen LogP contribution in [-0.2, 0) is 9.09 Å². The molecular formula is H3FMgO3Si. The lowest BCUT2D eigenvalue weighted by molar-refractivity contribution is -0.0393. The van der Waals surface area contributed by atoms with E-state index >= 15 is 0 Å². The maximum absolute atomic E-state index is 10.1. The van der Waals surface area contributed by atoms with Crippen LogP contribution in [0.4, 0.5) is 4.53 Å². The van der Waals surface area contributed by atoms with Gasteiger partial charge in [-0.2, -0.15) is 0 Å². The average Bonchev–Trinajstić information content (AvgIpc) is 1.38. The summed E-state index contributed by atoms with van der Waals surface area (Å²) in [5.74, 6) is 0. The third kappa shape index (κ3) is 8.85. The molecule has 0 aliphatic carbocycles. The summed E-state index contributed by atoms with van der Waals surface area (Å²) in [5, 5.41) is 0. The van der Waals surface area contributed by atoms with Gasteiger partial charge >= 0.3 is 32.2 Å². The predicted molar refractivity (Wildman–Crippen MR) is 19.4 cm³/mol. The zero-order valence-electron chi connectivity index (χ0n) is 2.14. The minimum Gasteiger partial charge on any atom is -0.510 e. The van der Waals surface area contributed by atoms with Crippen molar-refractivity contribution >= 4 is 32.2 Å². The fraction of sp³-hybridized carbons (Fsp3) is 0. The van der Waals surface area contributed by atoms with E-state index in [9.17, 15) is 4.53 Å². The number of rotatable bonds is 1. The third-order valence-corrected chi connectivity index (χ3v) is 0.198. The van der Waals surface area contributed by atoms with Crippen molar-refractivity contribution in [2.45, 2.75) is 0 Å². The molecule has 34 valence electrons. The molecule has 6 heavy (non-hydrogen) atoms. The van der Waals surface area contributed by atoms with Gasteiger partial charge in [-0.15, -0.1) is 0 Å². The number of halogens is 1. The van der Waals surface area contributed by atoms with E-state index in [-0.39, 0.29) is 23.1 Å². The molecule has 0 aromatic heterocycles. The van der Waals surface area contributed by atoms with Crippen LogP contribution in [0.5, 0.6) is 0 Å². The summed E-state index contributed by atoms with van der Waals surface area (Å²) >= 11 is 0. The van der Waals surface area contributed by atoms with Crippen LogP contribution < -0.4 is 0 Å². The highest BCUT2D eigenvalue weighted by Gasteiger charge is 1.99. The Morgan fingerprint density at radius 1 is 1.83 bits per heavy atom. The molecule has 0 saturated heterocycles. The highest BCUT2D eigenvalue weighted by molar-refractivity contribution is 6.23. The Morgan fingerprint density at radius 3 is 2.00 bits per heavy atom. The Kier molecular flexibility index (Phi) is 8.48. The van der Waals surface area contributed by atoms with Gasteiger partial charge in [0.2, 0.25) is 0 Å². The summed E-state index contributed by atoms with van der Waals surface area (Å²) in [4.78, 5) is 7.31. The van der Waals surface area contributed by atoms with E-state index in [0.717, 1.165) is 0 Å². The van der Waals surface area contributed by atoms with Gasteiger partial charge < -0.3 is 4.80 Å². The van der Waals surface area contributed by atoms with Gasteiger partial charge in [-0.05, 0) is 0 Å². The second-order valence-electron chi connectivity index (χ2n) is 0.343. The highest BCUT2D eigenvalue weighted by atomic mass is 28.3. The maximum atomic E-state index is 10.1. The summed E-state index contributed by atoms with van der Waals surface area (Å²) in [6, 6.07) is 0. The van der Waals surface area contributed by atoms with Gasteiger partial charge in [0.05, 0.1) is 0 Å². The quantitative estimate of drug-likeness (QED) is 0.425. The first kappa shape index (κ1) is 9.58. The van der Waals surface area contributed by atoms with Crippen LogP contribution >= 0.6 is 0 Å². The zero-order chi connectivity index (χ0) is 4.28. The molecule has 0 saturated carbocycles. The van der Waals surface area contributed by atoms with Crippen molar-refractivity contribution in [1.29, 1.82) is 0 Å². The third-order valence-electron chi connectivity index (χ3n) is 0.0660. The molecule has 0 spiro atoms. The Balaban J connectivity index is 0. The van der Waals surface area contributed by atoms with E-state index in [1.807, 2.05) is 0 Å². The predicted octanol–water partition coefficient (Wildman–Crippen LogP) is -1.62. The molecule has 0 atom stereocenters. The SMILES string of the molecule is O=[Si](O)OF.[MgH2]. The summed E-state index contributed by atoms with van der Waals surface area (Å²) in [7, 11) is -3.29. The molecule has 0 fully saturated rings. The molecule has 0 rings (SSSR count). The highest BCUT2D eigenvalue weighted by Crippen LogP contribution is 1.62. The van der Waals surface area contributed by atoms with Crippen LogP contribution in [0.3, 0.4) is 0 Å². The van der Waals surface area contributed by atoms with Gasteiger partial charge in [0.15, 0.2) is 0 Å². The van der Waals surface area contributed by atoms with E-state index in [0.29, 0.717) is 0 Å². The monoisotopic (exact) mass is 122 g/mol. The molecule has 1 N–H and O–H groups in total. The number of hydrogen-bond donors (Lipinski definition) is 1. The fourth-order valence-corrected chi connectivity index (χ4v) is 0. The van der Waals surface area contributed by atoms with Gasteiger partial charge in [0.25, 0.3) is 0 Å². The molecule has 0 bridgehead atoms. The van der Waals surface area contributed by atoms with Crippen LogP contribution in [0, 0.1) is 0 Å². The summed E-state index contributed by atoms with van der Waals surface area (Å²) in [6.07, 6.45) is 0. The molecule has 0 heterocycles. The average molecular weight is 122 g/mol. The molecular weight excluding hydrogens is 119 g/mol. The van der Waals surface area contributed by atoms with Gasteiger partial charge in [-0.25, -0.2) is 0 Å². The van der Waals surface area contributed by atoms with Crippen LogP contribution in [0.15, 0.2) is 0 Å². The lowest BCUT2D eigenvalue weighted by Gasteiger charge is -1.67. The lowest BCUT2D eigenvalue weighted by Crippen LogP contribution is -1.94. The van der Waals surface area contributed by atoms with Crippen LogP contribution in [0.25, 0.3) is 0 Å². The summed E-state index contributed by atoms with van der Waals surface area (Å²) < 4.78 is 21.4. The van der Waals surface area contributed by atoms with Crippen molar-refractivity contribution in [3.63, 3.8) is 0 Å². The van der Waals surface area contributed by atoms with E-state index < -0.39 is 9.17 Å². The zero-order valence-corrected chi connectivity index (χ0v) is 3.14. The van der Waals surface area contributed by atoms with Crippen molar-refractivity contribution < 1.29 is 18.4 Å². The molecule has 0 aliphatic rings. The molecule has 0 aromatic carbocycles.